The molecule has 0 saturated carbocycles. The molecule has 86 heavy (non-hydrogen) atoms. The van der Waals surface area contributed by atoms with Gasteiger partial charge in [0.1, 0.15) is 33.9 Å². The van der Waals surface area contributed by atoms with E-state index < -0.39 is 32.5 Å². The first-order valence-corrected chi connectivity index (χ1v) is 33.1. The van der Waals surface area contributed by atoms with Crippen molar-refractivity contribution >= 4 is 63.0 Å². The third-order valence-electron chi connectivity index (χ3n) is 15.0. The van der Waals surface area contributed by atoms with E-state index in [9.17, 15) is 27.6 Å². The lowest BCUT2D eigenvalue weighted by atomic mass is 9.79. The summed E-state index contributed by atoms with van der Waals surface area (Å²) in [5.41, 5.74) is -1.51. The summed E-state index contributed by atoms with van der Waals surface area (Å²) in [6.07, 6.45) is 7.02. The highest BCUT2D eigenvalue weighted by molar-refractivity contribution is 9.10. The van der Waals surface area contributed by atoms with Gasteiger partial charge in [-0.2, -0.15) is 8.42 Å². The molecule has 5 heterocycles. The lowest BCUT2D eigenvalue weighted by molar-refractivity contribution is 0.00578. The molecule has 7 rings (SSSR count). The van der Waals surface area contributed by atoms with Crippen molar-refractivity contribution in [3.8, 4) is 11.5 Å². The van der Waals surface area contributed by atoms with E-state index in [1.165, 1.54) is 0 Å². The number of carbonyl (C=O) groups is 4. The van der Waals surface area contributed by atoms with Crippen molar-refractivity contribution < 1.29 is 74.6 Å². The smallest absolute Gasteiger partial charge is 0.493 e. The first kappa shape index (κ1) is 73.9. The van der Waals surface area contributed by atoms with E-state index in [-0.39, 0.29) is 61.8 Å². The zero-order chi connectivity index (χ0) is 64.5. The Balaban J connectivity index is 0.000000254. The molecular formula is C63H104BBrN4O16S. The van der Waals surface area contributed by atoms with Crippen LogP contribution in [0.15, 0.2) is 53.0 Å². The largest absolute Gasteiger partial charge is 0.494 e. The van der Waals surface area contributed by atoms with Gasteiger partial charge >= 0.3 is 31.5 Å². The number of amides is 4. The minimum Gasteiger partial charge on any atom is -0.493 e. The molecule has 1 N–H and O–H groups in total. The molecule has 0 atom stereocenters. The van der Waals surface area contributed by atoms with Crippen LogP contribution in [0.4, 0.5) is 19.2 Å². The molecule has 0 aliphatic carbocycles. The highest BCUT2D eigenvalue weighted by Gasteiger charge is 2.51. The van der Waals surface area contributed by atoms with Crippen LogP contribution < -0.4 is 14.9 Å². The lowest BCUT2D eigenvalue weighted by Crippen LogP contribution is -2.42. The molecule has 0 radical (unpaired) electrons. The minimum absolute atomic E-state index is 0.174. The predicted octanol–water partition coefficient (Wildman–Crippen LogP) is 11.7. The average molecular weight is 1300 g/mol. The van der Waals surface area contributed by atoms with Crippen molar-refractivity contribution in [2.45, 2.75) is 196 Å². The molecule has 0 aromatic heterocycles. The number of nitrogens with zero attached hydrogens (tertiary/aromatic N) is 4. The molecule has 0 bridgehead atoms. The molecule has 20 nitrogen and oxygen atoms in total. The Bertz CT molecular complexity index is 2500. The van der Waals surface area contributed by atoms with Crippen molar-refractivity contribution in [2.24, 2.45) is 23.7 Å². The van der Waals surface area contributed by atoms with Gasteiger partial charge in [0.15, 0.2) is 0 Å². The van der Waals surface area contributed by atoms with E-state index in [4.69, 9.17) is 47.0 Å². The Labute approximate surface area is 523 Å². The normalized spacial score (nSPS) is 19.1. The molecule has 488 valence electrons. The molecule has 2 aromatic carbocycles. The zero-order valence-electron chi connectivity index (χ0n) is 54.8. The van der Waals surface area contributed by atoms with Crippen LogP contribution in [-0.4, -0.2) is 183 Å². The van der Waals surface area contributed by atoms with E-state index in [1.54, 1.807) is 19.6 Å². The average Bonchev–Trinajstić information content (AvgIpc) is 2.65. The predicted molar refractivity (Wildman–Crippen MR) is 337 cm³/mol. The number of ether oxygens (including phenoxy) is 6. The molecule has 0 unspecified atom stereocenters. The van der Waals surface area contributed by atoms with E-state index >= 15 is 0 Å². The van der Waals surface area contributed by atoms with Crippen LogP contribution in [0.1, 0.15) is 162 Å². The van der Waals surface area contributed by atoms with Crippen LogP contribution in [0.5, 0.6) is 11.5 Å². The number of rotatable bonds is 11. The summed E-state index contributed by atoms with van der Waals surface area (Å²) in [5, 5.41) is 8.97. The monoisotopic (exact) mass is 1290 g/mol. The Morgan fingerprint density at radius 1 is 0.500 bits per heavy atom. The number of benzene rings is 2. The second-order valence-electron chi connectivity index (χ2n) is 28.0. The molecule has 5 saturated heterocycles. The molecule has 4 amide bonds. The van der Waals surface area contributed by atoms with Crippen LogP contribution >= 0.6 is 15.9 Å². The van der Waals surface area contributed by atoms with Crippen molar-refractivity contribution in [3.05, 3.63) is 53.0 Å². The Morgan fingerprint density at radius 2 is 0.767 bits per heavy atom. The summed E-state index contributed by atoms with van der Waals surface area (Å²) in [4.78, 5) is 54.6. The molecule has 5 aliphatic heterocycles. The van der Waals surface area contributed by atoms with Crippen molar-refractivity contribution in [1.82, 2.24) is 19.6 Å². The first-order chi connectivity index (χ1) is 39.7. The number of piperidine rings is 4. The summed E-state index contributed by atoms with van der Waals surface area (Å²) in [5.74, 6) is 3.17. The van der Waals surface area contributed by atoms with Gasteiger partial charge in [-0.05, 0) is 228 Å². The summed E-state index contributed by atoms with van der Waals surface area (Å²) in [7, 11) is -3.74. The maximum absolute atomic E-state index is 12.2. The van der Waals surface area contributed by atoms with E-state index in [2.05, 4.69) is 43.6 Å². The second-order valence-corrected chi connectivity index (χ2v) is 30.6. The Morgan fingerprint density at radius 3 is 1.03 bits per heavy atom. The van der Waals surface area contributed by atoms with Gasteiger partial charge in [-0.3, -0.25) is 4.18 Å². The maximum atomic E-state index is 12.2. The zero-order valence-corrected chi connectivity index (χ0v) is 57.2. The van der Waals surface area contributed by atoms with Crippen molar-refractivity contribution in [3.63, 3.8) is 0 Å². The third-order valence-corrected chi connectivity index (χ3v) is 16.1. The van der Waals surface area contributed by atoms with Gasteiger partial charge in [-0.1, -0.05) is 28.1 Å². The fourth-order valence-corrected chi connectivity index (χ4v) is 10.0. The van der Waals surface area contributed by atoms with Crippen molar-refractivity contribution in [1.29, 1.82) is 0 Å². The number of aliphatic hydroxyl groups excluding tert-OH is 1. The third kappa shape index (κ3) is 27.9. The number of hydrogen-bond donors (Lipinski definition) is 1. The lowest BCUT2D eigenvalue weighted by Gasteiger charge is -2.33. The number of likely N-dealkylation sites (tertiary alicyclic amines) is 4. The number of hydrogen-bond acceptors (Lipinski definition) is 16. The van der Waals surface area contributed by atoms with Crippen molar-refractivity contribution in [2.75, 3.05) is 85.0 Å². The SMILES string of the molecule is CC(C)(C)OC(=O)N1CCC(CO)CC1.CC(C)(C)OC(=O)N1CCC(COS(C)(=O)=O)CC1.CC(C)(C)OC(=O)N1CCC(COc2ccc(B3OC(C)(C)C(C)(C)O3)cc2)CC1.CC(C)(C)OC(=O)N1CCC(COc2ccc(Br)cc2)CC1. The van der Waals surface area contributed by atoms with Gasteiger partial charge in [-0.25, -0.2) is 19.2 Å². The quantitative estimate of drug-likeness (QED) is 0.126. The molecular weight excluding hydrogens is 1190 g/mol. The van der Waals surface area contributed by atoms with Crippen LogP contribution in [0, 0.1) is 23.7 Å². The van der Waals surface area contributed by atoms with Crippen LogP contribution in [-0.2, 0) is 42.6 Å². The Kier molecular flexibility index (Phi) is 27.7. The second kappa shape index (κ2) is 32.3. The van der Waals surface area contributed by atoms with Gasteiger partial charge in [0.25, 0.3) is 10.1 Å². The first-order valence-electron chi connectivity index (χ1n) is 30.5. The number of aliphatic hydroxyl groups is 1. The summed E-state index contributed by atoms with van der Waals surface area (Å²) in [6, 6.07) is 15.8. The standard InChI is InChI=1S/C23H36BNO5.C17H24BrNO3.C12H23NO5S.C11H21NO3/c1-21(2,3)28-20(26)25-14-12-17(13-15-25)16-27-19-10-8-18(9-11-19)24-29-22(4,5)23(6,7)30-24;1-17(2,3)22-16(20)19-10-8-13(9-11-19)12-21-15-6-4-14(18)5-7-15;1-12(2,3)18-11(14)13-7-5-10(6-8-13)9-17-19(4,15)16;1-11(2,3)15-10(14)12-6-4-9(8-13)5-7-12/h8-11,17H,12-16H2,1-7H3;4-7,13H,8-12H2,1-3H3;10H,5-9H2,1-4H3;9,13H,4-8H2,1-3H3. The fraction of sp³-hybridized carbons (Fsp3) is 0.746. The van der Waals surface area contributed by atoms with E-state index in [1.807, 2.05) is 132 Å². The molecule has 0 spiro atoms. The Hall–Kier alpha value is -4.55. The number of carbonyl (C=O) groups excluding carboxylic acids is 4. The summed E-state index contributed by atoms with van der Waals surface area (Å²) < 4.78 is 73.1. The number of halogens is 1. The minimum atomic E-state index is -3.38. The highest BCUT2D eigenvalue weighted by atomic mass is 79.9. The van der Waals surface area contributed by atoms with E-state index in [0.717, 1.165) is 92.1 Å². The maximum Gasteiger partial charge on any atom is 0.494 e. The van der Waals surface area contributed by atoms with Gasteiger partial charge in [-0.15, -0.1) is 0 Å². The molecule has 5 fully saturated rings. The summed E-state index contributed by atoms with van der Waals surface area (Å²) in [6.45, 7) is 37.9. The van der Waals surface area contributed by atoms with Gasteiger partial charge in [0.05, 0.1) is 37.3 Å². The topological polar surface area (TPSA) is 219 Å². The highest BCUT2D eigenvalue weighted by Crippen LogP contribution is 2.37. The molecule has 23 heteroatoms. The van der Waals surface area contributed by atoms with Crippen LogP contribution in [0.2, 0.25) is 0 Å². The fourth-order valence-electron chi connectivity index (χ4n) is 9.33. The molecule has 5 aliphatic rings. The van der Waals surface area contributed by atoms with Gasteiger partial charge < -0.3 is 62.4 Å². The summed E-state index contributed by atoms with van der Waals surface area (Å²) >= 11 is 3.41. The van der Waals surface area contributed by atoms with Gasteiger partial charge in [0.2, 0.25) is 0 Å². The van der Waals surface area contributed by atoms with E-state index in [0.29, 0.717) is 70.2 Å². The van der Waals surface area contributed by atoms with Crippen LogP contribution in [0.25, 0.3) is 0 Å². The van der Waals surface area contributed by atoms with Crippen LogP contribution in [0.3, 0.4) is 0 Å². The van der Waals surface area contributed by atoms with Gasteiger partial charge in [0, 0.05) is 63.4 Å². The molecule has 2 aromatic rings.